The van der Waals surface area contributed by atoms with E-state index in [2.05, 4.69) is 67.7 Å². The van der Waals surface area contributed by atoms with Crippen molar-refractivity contribution in [3.63, 3.8) is 0 Å². The summed E-state index contributed by atoms with van der Waals surface area (Å²) in [7, 11) is 0. The summed E-state index contributed by atoms with van der Waals surface area (Å²) in [5.74, 6) is 0.556. The molecule has 0 amide bonds. The van der Waals surface area contributed by atoms with Gasteiger partial charge in [-0.25, -0.2) is 0 Å². The van der Waals surface area contributed by atoms with Gasteiger partial charge in [-0.3, -0.25) is 0 Å². The number of anilines is 1. The molecule has 0 saturated carbocycles. The normalized spacial score (nSPS) is 24.4. The van der Waals surface area contributed by atoms with Crippen molar-refractivity contribution in [1.82, 2.24) is 0 Å². The lowest BCUT2D eigenvalue weighted by Crippen LogP contribution is -2.42. The van der Waals surface area contributed by atoms with Gasteiger partial charge in [-0.15, -0.1) is 0 Å². The first-order chi connectivity index (χ1) is 10.1. The Balaban J connectivity index is 2.03. The maximum atomic E-state index is 10.1. The summed E-state index contributed by atoms with van der Waals surface area (Å²) in [6.07, 6.45) is 2.05. The van der Waals surface area contributed by atoms with Crippen molar-refractivity contribution in [1.29, 1.82) is 0 Å². The van der Waals surface area contributed by atoms with Crippen molar-refractivity contribution < 1.29 is 5.11 Å². The van der Waals surface area contributed by atoms with Crippen LogP contribution in [0.15, 0.2) is 48.5 Å². The number of hydrogen-bond donors (Lipinski definition) is 2. The van der Waals surface area contributed by atoms with Gasteiger partial charge in [0.05, 0.1) is 12.1 Å². The minimum Gasteiger partial charge on any atom is -0.394 e. The average molecular weight is 281 g/mol. The largest absolute Gasteiger partial charge is 0.394 e. The fraction of sp³-hybridized carbons (Fsp3) is 0.368. The van der Waals surface area contributed by atoms with E-state index in [-0.39, 0.29) is 12.1 Å². The zero-order valence-electron chi connectivity index (χ0n) is 12.8. The molecule has 2 aromatic carbocycles. The van der Waals surface area contributed by atoms with Gasteiger partial charge in [0, 0.05) is 5.69 Å². The highest BCUT2D eigenvalue weighted by molar-refractivity contribution is 5.52. The Morgan fingerprint density at radius 3 is 2.76 bits per heavy atom. The second kappa shape index (κ2) is 5.53. The van der Waals surface area contributed by atoms with Gasteiger partial charge in [-0.2, -0.15) is 0 Å². The molecule has 0 radical (unpaired) electrons. The van der Waals surface area contributed by atoms with E-state index < -0.39 is 0 Å². The average Bonchev–Trinajstić information content (AvgIpc) is 2.51. The molecule has 2 nitrogen and oxygen atoms in total. The summed E-state index contributed by atoms with van der Waals surface area (Å²) >= 11 is 0. The lowest BCUT2D eigenvalue weighted by atomic mass is 9.72. The third-order valence-corrected chi connectivity index (χ3v) is 4.68. The first kappa shape index (κ1) is 14.2. The number of rotatable bonds is 3. The van der Waals surface area contributed by atoms with Crippen LogP contribution in [0, 0.1) is 6.92 Å². The Hall–Kier alpha value is -1.80. The van der Waals surface area contributed by atoms with Crippen LogP contribution in [0.4, 0.5) is 5.69 Å². The fourth-order valence-electron chi connectivity index (χ4n) is 3.45. The molecular weight excluding hydrogens is 258 g/mol. The molecule has 2 atom stereocenters. The molecule has 21 heavy (non-hydrogen) atoms. The molecule has 2 unspecified atom stereocenters. The second-order valence-electron chi connectivity index (χ2n) is 6.26. The van der Waals surface area contributed by atoms with Gasteiger partial charge in [0.25, 0.3) is 0 Å². The number of aliphatic hydroxyl groups is 1. The van der Waals surface area contributed by atoms with Crippen molar-refractivity contribution >= 4 is 5.69 Å². The number of benzene rings is 2. The zero-order valence-corrected chi connectivity index (χ0v) is 12.8. The van der Waals surface area contributed by atoms with Crippen molar-refractivity contribution in [2.45, 2.75) is 38.1 Å². The molecule has 110 valence electrons. The Bertz CT molecular complexity index is 637. The van der Waals surface area contributed by atoms with Gasteiger partial charge >= 0.3 is 0 Å². The van der Waals surface area contributed by atoms with Crippen molar-refractivity contribution in [3.05, 3.63) is 65.2 Å². The molecule has 0 fully saturated rings. The Morgan fingerprint density at radius 1 is 1.19 bits per heavy atom. The number of nitrogens with one attached hydrogen (secondary N) is 1. The standard InChI is InChI=1S/C19H23NO/c1-14-6-5-7-16(12-14)20-19(13-21)11-10-15(2)17-8-3-4-9-18(17)19/h3-9,12,15,20-21H,10-11,13H2,1-2H3. The summed E-state index contributed by atoms with van der Waals surface area (Å²) in [6.45, 7) is 4.48. The third kappa shape index (κ3) is 2.56. The highest BCUT2D eigenvalue weighted by atomic mass is 16.3. The van der Waals surface area contributed by atoms with Crippen molar-refractivity contribution in [3.8, 4) is 0 Å². The lowest BCUT2D eigenvalue weighted by Gasteiger charge is -2.41. The molecule has 3 rings (SSSR count). The summed E-state index contributed by atoms with van der Waals surface area (Å²) < 4.78 is 0. The minimum absolute atomic E-state index is 0.116. The number of aliphatic hydroxyl groups excluding tert-OH is 1. The molecule has 0 aromatic heterocycles. The van der Waals surface area contributed by atoms with Gasteiger partial charge in [-0.05, 0) is 54.5 Å². The van der Waals surface area contributed by atoms with E-state index in [1.807, 2.05) is 0 Å². The van der Waals surface area contributed by atoms with E-state index >= 15 is 0 Å². The Kier molecular flexibility index (Phi) is 3.73. The smallest absolute Gasteiger partial charge is 0.0859 e. The van der Waals surface area contributed by atoms with Gasteiger partial charge in [0.15, 0.2) is 0 Å². The highest BCUT2D eigenvalue weighted by Crippen LogP contribution is 2.42. The molecule has 0 heterocycles. The van der Waals surface area contributed by atoms with Crippen LogP contribution in [-0.4, -0.2) is 11.7 Å². The molecule has 2 heteroatoms. The second-order valence-corrected chi connectivity index (χ2v) is 6.26. The number of aryl methyl sites for hydroxylation is 1. The quantitative estimate of drug-likeness (QED) is 0.884. The van der Waals surface area contributed by atoms with E-state index in [1.165, 1.54) is 16.7 Å². The van der Waals surface area contributed by atoms with Gasteiger partial charge in [-0.1, -0.05) is 43.3 Å². The van der Waals surface area contributed by atoms with Gasteiger partial charge in [0.1, 0.15) is 0 Å². The third-order valence-electron chi connectivity index (χ3n) is 4.68. The summed E-state index contributed by atoms with van der Waals surface area (Å²) in [6, 6.07) is 16.9. The van der Waals surface area contributed by atoms with E-state index in [1.54, 1.807) is 0 Å². The predicted molar refractivity (Wildman–Crippen MR) is 87.7 cm³/mol. The van der Waals surface area contributed by atoms with E-state index in [4.69, 9.17) is 0 Å². The Morgan fingerprint density at radius 2 is 2.00 bits per heavy atom. The maximum Gasteiger partial charge on any atom is 0.0859 e. The van der Waals surface area contributed by atoms with Crippen LogP contribution in [0.25, 0.3) is 0 Å². The van der Waals surface area contributed by atoms with Crippen LogP contribution in [0.2, 0.25) is 0 Å². The van der Waals surface area contributed by atoms with Crippen LogP contribution in [0.1, 0.15) is 42.4 Å². The van der Waals surface area contributed by atoms with E-state index in [0.29, 0.717) is 5.92 Å². The Labute approximate surface area is 126 Å². The molecule has 0 spiro atoms. The molecule has 0 bridgehead atoms. The first-order valence-corrected chi connectivity index (χ1v) is 7.70. The summed E-state index contributed by atoms with van der Waals surface area (Å²) in [4.78, 5) is 0. The number of fused-ring (bicyclic) bond motifs is 1. The molecule has 2 N–H and O–H groups in total. The summed E-state index contributed by atoms with van der Waals surface area (Å²) in [5, 5.41) is 13.8. The lowest BCUT2D eigenvalue weighted by molar-refractivity contribution is 0.190. The maximum absolute atomic E-state index is 10.1. The van der Waals surface area contributed by atoms with Crippen LogP contribution in [0.5, 0.6) is 0 Å². The topological polar surface area (TPSA) is 32.3 Å². The van der Waals surface area contributed by atoms with Crippen LogP contribution in [-0.2, 0) is 5.54 Å². The highest BCUT2D eigenvalue weighted by Gasteiger charge is 2.38. The zero-order chi connectivity index (χ0) is 14.9. The predicted octanol–water partition coefficient (Wildman–Crippen LogP) is 4.19. The molecule has 2 aromatic rings. The minimum atomic E-state index is -0.364. The van der Waals surface area contributed by atoms with E-state index in [9.17, 15) is 5.11 Å². The monoisotopic (exact) mass is 281 g/mol. The van der Waals surface area contributed by atoms with Gasteiger partial charge < -0.3 is 10.4 Å². The number of hydrogen-bond acceptors (Lipinski definition) is 2. The molecule has 0 aliphatic heterocycles. The van der Waals surface area contributed by atoms with Gasteiger partial charge in [0.2, 0.25) is 0 Å². The molecule has 0 saturated heterocycles. The van der Waals surface area contributed by atoms with Crippen LogP contribution < -0.4 is 5.32 Å². The SMILES string of the molecule is Cc1cccc(NC2(CO)CCC(C)c3ccccc32)c1. The van der Waals surface area contributed by atoms with Crippen molar-refractivity contribution in [2.75, 3.05) is 11.9 Å². The molecular formula is C19H23NO. The summed E-state index contributed by atoms with van der Waals surface area (Å²) in [5.41, 5.74) is 4.54. The van der Waals surface area contributed by atoms with Crippen molar-refractivity contribution in [2.24, 2.45) is 0 Å². The molecule has 1 aliphatic rings. The van der Waals surface area contributed by atoms with Crippen LogP contribution >= 0.6 is 0 Å². The molecule has 1 aliphatic carbocycles. The van der Waals surface area contributed by atoms with E-state index in [0.717, 1.165) is 18.5 Å². The fourth-order valence-corrected chi connectivity index (χ4v) is 3.45. The van der Waals surface area contributed by atoms with Crippen LogP contribution in [0.3, 0.4) is 0 Å². The first-order valence-electron chi connectivity index (χ1n) is 7.70.